The van der Waals surface area contributed by atoms with Gasteiger partial charge in [-0.25, -0.2) is 0 Å². The molecule has 0 aromatic heterocycles. The first kappa shape index (κ1) is 18.5. The Hall–Kier alpha value is -0.530. The van der Waals surface area contributed by atoms with Crippen molar-refractivity contribution in [3.8, 4) is 0 Å². The molecule has 0 amide bonds. The van der Waals surface area contributed by atoms with E-state index in [1.54, 1.807) is 0 Å². The van der Waals surface area contributed by atoms with Crippen LogP contribution in [-0.2, 0) is 9.53 Å². The van der Waals surface area contributed by atoms with Crippen LogP contribution < -0.4 is 0 Å². The van der Waals surface area contributed by atoms with Crippen molar-refractivity contribution >= 4 is 5.97 Å². The number of rotatable bonds is 13. The summed E-state index contributed by atoms with van der Waals surface area (Å²) in [4.78, 5) is 11.5. The first-order valence-electron chi connectivity index (χ1n) is 9.51. The maximum absolute atomic E-state index is 11.5. The highest BCUT2D eigenvalue weighted by Gasteiger charge is 2.22. The van der Waals surface area contributed by atoms with Crippen molar-refractivity contribution < 1.29 is 9.53 Å². The average Bonchev–Trinajstić information content (AvgIpc) is 2.50. The largest absolute Gasteiger partial charge is 0.465 e. The highest BCUT2D eigenvalue weighted by molar-refractivity contribution is 5.72. The van der Waals surface area contributed by atoms with Crippen LogP contribution in [-0.4, -0.2) is 12.6 Å². The molecule has 1 fully saturated rings. The van der Waals surface area contributed by atoms with E-state index in [0.717, 1.165) is 19.3 Å². The Morgan fingerprint density at radius 3 is 1.90 bits per heavy atom. The van der Waals surface area contributed by atoms with Gasteiger partial charge in [-0.1, -0.05) is 84.0 Å². The summed E-state index contributed by atoms with van der Waals surface area (Å²) in [5.41, 5.74) is 0. The SMILES string of the molecule is CCCCCCCCCCCCCCC1CCCOC1=O. The summed E-state index contributed by atoms with van der Waals surface area (Å²) in [6, 6.07) is 0. The molecule has 0 bridgehead atoms. The van der Waals surface area contributed by atoms with E-state index >= 15 is 0 Å². The number of carbonyl (C=O) groups excluding carboxylic acids is 1. The van der Waals surface area contributed by atoms with Gasteiger partial charge in [0.2, 0.25) is 0 Å². The van der Waals surface area contributed by atoms with Crippen LogP contribution in [0.4, 0.5) is 0 Å². The lowest BCUT2D eigenvalue weighted by atomic mass is 9.94. The Labute approximate surface area is 132 Å². The number of esters is 1. The molecule has 0 radical (unpaired) electrons. The van der Waals surface area contributed by atoms with Gasteiger partial charge in [-0.3, -0.25) is 4.79 Å². The second-order valence-electron chi connectivity index (χ2n) is 6.68. The molecule has 0 spiro atoms. The number of unbranched alkanes of at least 4 members (excludes halogenated alkanes) is 11. The molecule has 0 aliphatic carbocycles. The summed E-state index contributed by atoms with van der Waals surface area (Å²) in [5, 5.41) is 0. The van der Waals surface area contributed by atoms with Crippen LogP contribution >= 0.6 is 0 Å². The molecule has 0 aromatic carbocycles. The zero-order valence-electron chi connectivity index (χ0n) is 14.2. The van der Waals surface area contributed by atoms with Crippen LogP contribution in [0, 0.1) is 5.92 Å². The molecule has 2 nitrogen and oxygen atoms in total. The van der Waals surface area contributed by atoms with E-state index in [1.165, 1.54) is 77.0 Å². The van der Waals surface area contributed by atoms with Gasteiger partial charge in [0.05, 0.1) is 12.5 Å². The topological polar surface area (TPSA) is 26.3 Å². The summed E-state index contributed by atoms with van der Waals surface area (Å²) >= 11 is 0. The second-order valence-corrected chi connectivity index (χ2v) is 6.68. The molecule has 1 aliphatic rings. The van der Waals surface area contributed by atoms with Gasteiger partial charge >= 0.3 is 5.97 Å². The van der Waals surface area contributed by atoms with Crippen LogP contribution in [0.25, 0.3) is 0 Å². The molecular formula is C19H36O2. The molecule has 0 N–H and O–H groups in total. The van der Waals surface area contributed by atoms with E-state index < -0.39 is 0 Å². The van der Waals surface area contributed by atoms with E-state index in [0.29, 0.717) is 6.61 Å². The molecule has 1 atom stereocenters. The maximum Gasteiger partial charge on any atom is 0.308 e. The Bertz CT molecular complexity index is 250. The van der Waals surface area contributed by atoms with E-state index in [9.17, 15) is 4.79 Å². The summed E-state index contributed by atoms with van der Waals surface area (Å²) < 4.78 is 5.11. The van der Waals surface area contributed by atoms with Crippen LogP contribution in [0.2, 0.25) is 0 Å². The quantitative estimate of drug-likeness (QED) is 0.306. The summed E-state index contributed by atoms with van der Waals surface area (Å²) in [5.74, 6) is 0.270. The lowest BCUT2D eigenvalue weighted by molar-refractivity contribution is -0.153. The number of hydrogen-bond donors (Lipinski definition) is 0. The molecular weight excluding hydrogens is 260 g/mol. The van der Waals surface area contributed by atoms with Gasteiger partial charge in [-0.05, 0) is 19.3 Å². The van der Waals surface area contributed by atoms with Crippen molar-refractivity contribution in [2.24, 2.45) is 5.92 Å². The van der Waals surface area contributed by atoms with Gasteiger partial charge in [0.15, 0.2) is 0 Å². The second kappa shape index (κ2) is 13.2. The molecule has 1 saturated heterocycles. The molecule has 21 heavy (non-hydrogen) atoms. The van der Waals surface area contributed by atoms with Gasteiger partial charge in [0, 0.05) is 0 Å². The van der Waals surface area contributed by atoms with Crippen molar-refractivity contribution in [3.05, 3.63) is 0 Å². The third-order valence-electron chi connectivity index (χ3n) is 4.68. The minimum atomic E-state index is 0.0596. The summed E-state index contributed by atoms with van der Waals surface area (Å²) in [6.45, 7) is 2.92. The molecule has 0 saturated carbocycles. The third kappa shape index (κ3) is 9.92. The van der Waals surface area contributed by atoms with Crippen LogP contribution in [0.1, 0.15) is 103 Å². The van der Waals surface area contributed by atoms with E-state index in [1.807, 2.05) is 0 Å². The fourth-order valence-electron chi connectivity index (χ4n) is 3.23. The smallest absolute Gasteiger partial charge is 0.308 e. The molecule has 0 aromatic rings. The van der Waals surface area contributed by atoms with E-state index in [-0.39, 0.29) is 11.9 Å². The zero-order chi connectivity index (χ0) is 15.2. The van der Waals surface area contributed by atoms with Gasteiger partial charge in [0.1, 0.15) is 0 Å². The normalized spacial score (nSPS) is 18.7. The minimum absolute atomic E-state index is 0.0596. The third-order valence-corrected chi connectivity index (χ3v) is 4.68. The molecule has 1 rings (SSSR count). The van der Waals surface area contributed by atoms with Crippen LogP contribution in [0.5, 0.6) is 0 Å². The first-order chi connectivity index (χ1) is 10.3. The van der Waals surface area contributed by atoms with Gasteiger partial charge in [-0.2, -0.15) is 0 Å². The summed E-state index contributed by atoms with van der Waals surface area (Å²) in [6.07, 6.45) is 19.7. The molecule has 1 aliphatic heterocycles. The number of hydrogen-bond acceptors (Lipinski definition) is 2. The van der Waals surface area contributed by atoms with E-state index in [2.05, 4.69) is 6.92 Å². The predicted octanol–water partition coefficient (Wildman–Crippen LogP) is 6.03. The molecule has 1 heterocycles. The summed E-state index contributed by atoms with van der Waals surface area (Å²) in [7, 11) is 0. The Morgan fingerprint density at radius 2 is 1.38 bits per heavy atom. The van der Waals surface area contributed by atoms with Crippen LogP contribution in [0.3, 0.4) is 0 Å². The molecule has 2 heteroatoms. The van der Waals surface area contributed by atoms with E-state index in [4.69, 9.17) is 4.74 Å². The van der Waals surface area contributed by atoms with Gasteiger partial charge < -0.3 is 4.74 Å². The van der Waals surface area contributed by atoms with Crippen molar-refractivity contribution in [1.29, 1.82) is 0 Å². The number of cyclic esters (lactones) is 1. The van der Waals surface area contributed by atoms with Gasteiger partial charge in [-0.15, -0.1) is 0 Å². The lowest BCUT2D eigenvalue weighted by Crippen LogP contribution is -2.23. The van der Waals surface area contributed by atoms with Gasteiger partial charge in [0.25, 0.3) is 0 Å². The maximum atomic E-state index is 11.5. The number of ether oxygens (including phenoxy) is 1. The molecule has 124 valence electrons. The fraction of sp³-hybridized carbons (Fsp3) is 0.947. The Balaban J connectivity index is 1.77. The molecule has 1 unspecified atom stereocenters. The van der Waals surface area contributed by atoms with Crippen molar-refractivity contribution in [2.45, 2.75) is 103 Å². The van der Waals surface area contributed by atoms with Crippen LogP contribution in [0.15, 0.2) is 0 Å². The number of carbonyl (C=O) groups is 1. The zero-order valence-corrected chi connectivity index (χ0v) is 14.2. The predicted molar refractivity (Wildman–Crippen MR) is 89.4 cm³/mol. The first-order valence-corrected chi connectivity index (χ1v) is 9.51. The fourth-order valence-corrected chi connectivity index (χ4v) is 3.23. The lowest BCUT2D eigenvalue weighted by Gasteiger charge is -2.20. The highest BCUT2D eigenvalue weighted by Crippen LogP contribution is 2.22. The van der Waals surface area contributed by atoms with Crippen molar-refractivity contribution in [3.63, 3.8) is 0 Å². The monoisotopic (exact) mass is 296 g/mol. The highest BCUT2D eigenvalue weighted by atomic mass is 16.5. The van der Waals surface area contributed by atoms with Crippen molar-refractivity contribution in [1.82, 2.24) is 0 Å². The van der Waals surface area contributed by atoms with Crippen molar-refractivity contribution in [2.75, 3.05) is 6.61 Å². The standard InChI is InChI=1S/C19H36O2/c1-2-3-4-5-6-7-8-9-10-11-12-13-15-18-16-14-17-21-19(18)20/h18H,2-17H2,1H3. The minimum Gasteiger partial charge on any atom is -0.465 e. The Morgan fingerprint density at radius 1 is 0.857 bits per heavy atom. The average molecular weight is 296 g/mol. The Kier molecular flexibility index (Phi) is 11.6.